The number of carbonyl (C=O) groups is 1. The number of hydrogen-bond acceptors (Lipinski definition) is 3. The largest absolute Gasteiger partial charge is 0.381 e. The Morgan fingerprint density at radius 2 is 2.11 bits per heavy atom. The van der Waals surface area contributed by atoms with Crippen LogP contribution < -0.4 is 5.32 Å². The lowest BCUT2D eigenvalue weighted by atomic mass is 9.93. The Labute approximate surface area is 114 Å². The quantitative estimate of drug-likeness (QED) is 0.854. The third-order valence-corrected chi connectivity index (χ3v) is 5.27. The van der Waals surface area contributed by atoms with E-state index in [1.807, 2.05) is 11.8 Å². The predicted octanol–water partition coefficient (Wildman–Crippen LogP) is 2.59. The fraction of sp³-hybridized carbons (Fsp3) is 0.929. The molecule has 0 spiro atoms. The maximum absolute atomic E-state index is 12.2. The van der Waals surface area contributed by atoms with Crippen LogP contribution in [0.3, 0.4) is 0 Å². The number of carbonyl (C=O) groups excluding carboxylic acids is 1. The van der Waals surface area contributed by atoms with Crippen LogP contribution in [0, 0.1) is 5.92 Å². The van der Waals surface area contributed by atoms with E-state index in [0.717, 1.165) is 31.6 Å². The van der Waals surface area contributed by atoms with E-state index in [0.29, 0.717) is 17.9 Å². The minimum Gasteiger partial charge on any atom is -0.381 e. The second kappa shape index (κ2) is 7.39. The van der Waals surface area contributed by atoms with Crippen LogP contribution in [0.2, 0.25) is 0 Å². The molecule has 0 aromatic rings. The molecule has 1 amide bonds. The van der Waals surface area contributed by atoms with Gasteiger partial charge in [-0.05, 0) is 31.4 Å². The maximum atomic E-state index is 12.2. The molecule has 2 fully saturated rings. The highest BCUT2D eigenvalue weighted by atomic mass is 32.2. The molecular formula is C14H25NO2S. The topological polar surface area (TPSA) is 38.3 Å². The third kappa shape index (κ3) is 3.89. The Morgan fingerprint density at radius 1 is 1.28 bits per heavy atom. The molecule has 0 unspecified atom stereocenters. The minimum atomic E-state index is 0.0907. The lowest BCUT2D eigenvalue weighted by Gasteiger charge is -2.33. The van der Waals surface area contributed by atoms with Crippen LogP contribution >= 0.6 is 11.8 Å². The Bertz CT molecular complexity index is 265. The van der Waals surface area contributed by atoms with Gasteiger partial charge >= 0.3 is 0 Å². The summed E-state index contributed by atoms with van der Waals surface area (Å²) in [6.45, 7) is 3.64. The Hall–Kier alpha value is -0.220. The zero-order chi connectivity index (χ0) is 12.8. The summed E-state index contributed by atoms with van der Waals surface area (Å²) in [6, 6.07) is 0.387. The second-order valence-electron chi connectivity index (χ2n) is 5.31. The fourth-order valence-corrected chi connectivity index (χ4v) is 4.12. The zero-order valence-electron chi connectivity index (χ0n) is 11.3. The summed E-state index contributed by atoms with van der Waals surface area (Å²) in [4.78, 5) is 12.2. The molecule has 18 heavy (non-hydrogen) atoms. The number of nitrogens with one attached hydrogen (secondary N) is 1. The first-order chi connectivity index (χ1) is 8.81. The van der Waals surface area contributed by atoms with Crippen molar-refractivity contribution < 1.29 is 9.53 Å². The smallest absolute Gasteiger partial charge is 0.225 e. The molecule has 0 aromatic heterocycles. The summed E-state index contributed by atoms with van der Waals surface area (Å²) >= 11 is 2.00. The molecule has 1 saturated carbocycles. The average molecular weight is 271 g/mol. The number of thioether (sulfide) groups is 1. The fourth-order valence-electron chi connectivity index (χ4n) is 2.92. The van der Waals surface area contributed by atoms with Gasteiger partial charge in [-0.15, -0.1) is 0 Å². The van der Waals surface area contributed by atoms with Gasteiger partial charge in [-0.2, -0.15) is 11.8 Å². The monoisotopic (exact) mass is 271 g/mol. The molecule has 0 bridgehead atoms. The van der Waals surface area contributed by atoms with E-state index in [1.165, 1.54) is 19.3 Å². The van der Waals surface area contributed by atoms with Crippen molar-refractivity contribution in [2.45, 2.75) is 56.7 Å². The van der Waals surface area contributed by atoms with Crippen molar-refractivity contribution in [1.82, 2.24) is 5.32 Å². The van der Waals surface area contributed by atoms with Crippen LogP contribution in [0.5, 0.6) is 0 Å². The summed E-state index contributed by atoms with van der Waals surface area (Å²) in [5, 5.41) is 3.91. The van der Waals surface area contributed by atoms with Gasteiger partial charge in [0.05, 0.1) is 12.5 Å². The first-order valence-corrected chi connectivity index (χ1v) is 8.36. The molecule has 3 atom stereocenters. The van der Waals surface area contributed by atoms with E-state index in [-0.39, 0.29) is 11.8 Å². The molecule has 4 heteroatoms. The number of ether oxygens (including phenoxy) is 1. The Morgan fingerprint density at radius 3 is 2.83 bits per heavy atom. The van der Waals surface area contributed by atoms with E-state index in [2.05, 4.69) is 12.2 Å². The van der Waals surface area contributed by atoms with Crippen LogP contribution in [-0.4, -0.2) is 36.2 Å². The van der Waals surface area contributed by atoms with E-state index >= 15 is 0 Å². The second-order valence-corrected chi connectivity index (χ2v) is 6.82. The molecule has 3 nitrogen and oxygen atoms in total. The van der Waals surface area contributed by atoms with Crippen molar-refractivity contribution in [2.24, 2.45) is 5.92 Å². The summed E-state index contributed by atoms with van der Waals surface area (Å²) < 4.78 is 5.40. The number of hydrogen-bond donors (Lipinski definition) is 1. The van der Waals surface area contributed by atoms with Crippen molar-refractivity contribution >= 4 is 17.7 Å². The van der Waals surface area contributed by atoms with E-state index in [9.17, 15) is 4.79 Å². The van der Waals surface area contributed by atoms with Crippen LogP contribution in [0.4, 0.5) is 0 Å². The summed E-state index contributed by atoms with van der Waals surface area (Å²) in [7, 11) is 0. The minimum absolute atomic E-state index is 0.0907. The van der Waals surface area contributed by atoms with Crippen molar-refractivity contribution in [2.75, 3.05) is 19.0 Å². The Balaban J connectivity index is 1.83. The van der Waals surface area contributed by atoms with Gasteiger partial charge < -0.3 is 10.1 Å². The van der Waals surface area contributed by atoms with Crippen LogP contribution in [0.25, 0.3) is 0 Å². The first kappa shape index (κ1) is 14.2. The SMILES string of the molecule is CCS[C@@H]1CCCC[C@H]1NC(=O)[C@@H]1CCCOC1. The molecule has 1 aliphatic carbocycles. The van der Waals surface area contributed by atoms with Crippen LogP contribution in [0.1, 0.15) is 45.4 Å². The third-order valence-electron chi connectivity index (χ3n) is 3.94. The van der Waals surface area contributed by atoms with E-state index in [1.54, 1.807) is 0 Å². The van der Waals surface area contributed by atoms with Crippen LogP contribution in [-0.2, 0) is 9.53 Å². The van der Waals surface area contributed by atoms with Gasteiger partial charge in [0.2, 0.25) is 5.91 Å². The van der Waals surface area contributed by atoms with Crippen molar-refractivity contribution in [3.05, 3.63) is 0 Å². The van der Waals surface area contributed by atoms with Crippen LogP contribution in [0.15, 0.2) is 0 Å². The highest BCUT2D eigenvalue weighted by molar-refractivity contribution is 7.99. The molecule has 1 heterocycles. The van der Waals surface area contributed by atoms with E-state index < -0.39 is 0 Å². The van der Waals surface area contributed by atoms with Gasteiger partial charge in [0.15, 0.2) is 0 Å². The molecule has 104 valence electrons. The molecule has 1 saturated heterocycles. The number of rotatable bonds is 4. The van der Waals surface area contributed by atoms with Gasteiger partial charge in [-0.3, -0.25) is 4.79 Å². The zero-order valence-corrected chi connectivity index (χ0v) is 12.1. The first-order valence-electron chi connectivity index (χ1n) is 7.31. The Kier molecular flexibility index (Phi) is 5.83. The van der Waals surface area contributed by atoms with Gasteiger partial charge in [0, 0.05) is 17.9 Å². The molecule has 0 aromatic carbocycles. The van der Waals surface area contributed by atoms with Gasteiger partial charge in [0.1, 0.15) is 0 Å². The van der Waals surface area contributed by atoms with Crippen molar-refractivity contribution in [3.8, 4) is 0 Å². The molecular weight excluding hydrogens is 246 g/mol. The lowest BCUT2D eigenvalue weighted by Crippen LogP contribution is -2.47. The van der Waals surface area contributed by atoms with Crippen molar-refractivity contribution in [3.63, 3.8) is 0 Å². The summed E-state index contributed by atoms with van der Waals surface area (Å²) in [5.74, 6) is 1.46. The molecule has 1 N–H and O–H groups in total. The van der Waals surface area contributed by atoms with Gasteiger partial charge in [-0.25, -0.2) is 0 Å². The predicted molar refractivity (Wildman–Crippen MR) is 75.9 cm³/mol. The standard InChI is InChI=1S/C14H25NO2S/c1-2-18-13-8-4-3-7-12(13)15-14(16)11-6-5-9-17-10-11/h11-13H,2-10H2,1H3,(H,15,16)/t11-,12-,13-/m1/s1. The maximum Gasteiger partial charge on any atom is 0.225 e. The van der Waals surface area contributed by atoms with Gasteiger partial charge in [-0.1, -0.05) is 19.8 Å². The van der Waals surface area contributed by atoms with Crippen molar-refractivity contribution in [1.29, 1.82) is 0 Å². The average Bonchev–Trinajstić information content (AvgIpc) is 2.42. The highest BCUT2D eigenvalue weighted by Crippen LogP contribution is 2.29. The molecule has 1 aliphatic heterocycles. The number of amides is 1. The molecule has 2 aliphatic rings. The lowest BCUT2D eigenvalue weighted by molar-refractivity contribution is -0.129. The van der Waals surface area contributed by atoms with Gasteiger partial charge in [0.25, 0.3) is 0 Å². The van der Waals surface area contributed by atoms with E-state index in [4.69, 9.17) is 4.74 Å². The molecule has 0 radical (unpaired) electrons. The summed E-state index contributed by atoms with van der Waals surface area (Å²) in [6.07, 6.45) is 6.99. The summed E-state index contributed by atoms with van der Waals surface area (Å²) in [5.41, 5.74) is 0. The normalized spacial score (nSPS) is 33.1. The molecule has 2 rings (SSSR count). The highest BCUT2D eigenvalue weighted by Gasteiger charge is 2.29.